The smallest absolute Gasteiger partial charge is 0.00980 e. The molecule has 0 aromatic carbocycles. The van der Waals surface area contributed by atoms with Crippen LogP contribution in [0.15, 0.2) is 0 Å². The Morgan fingerprint density at radius 1 is 0.800 bits per heavy atom. The van der Waals surface area contributed by atoms with Crippen LogP contribution in [-0.4, -0.2) is 12.1 Å². The van der Waals surface area contributed by atoms with Crippen LogP contribution in [0.2, 0.25) is 0 Å². The molecule has 5 saturated carbocycles. The third-order valence-corrected chi connectivity index (χ3v) is 7.35. The van der Waals surface area contributed by atoms with Gasteiger partial charge in [0, 0.05) is 12.1 Å². The van der Waals surface area contributed by atoms with Gasteiger partial charge in [-0.15, -0.1) is 0 Å². The Bertz CT molecular complexity index is 304. The van der Waals surface area contributed by atoms with E-state index in [0.717, 1.165) is 29.8 Å². The van der Waals surface area contributed by atoms with E-state index in [0.29, 0.717) is 5.41 Å². The predicted octanol–water partition coefficient (Wildman–Crippen LogP) is 4.90. The fraction of sp³-hybridized carbons (Fsp3) is 1.00. The maximum absolute atomic E-state index is 4.12. The van der Waals surface area contributed by atoms with Gasteiger partial charge in [-0.3, -0.25) is 0 Å². The molecule has 1 atom stereocenters. The van der Waals surface area contributed by atoms with Gasteiger partial charge in [-0.05, 0) is 81.5 Å². The van der Waals surface area contributed by atoms with E-state index in [-0.39, 0.29) is 0 Å². The van der Waals surface area contributed by atoms with Crippen molar-refractivity contribution in [2.24, 2.45) is 23.2 Å². The van der Waals surface area contributed by atoms with E-state index < -0.39 is 0 Å². The average Bonchev–Trinajstić information content (AvgIpc) is 2.65. The summed E-state index contributed by atoms with van der Waals surface area (Å²) in [6.45, 7) is 2.54. The summed E-state index contributed by atoms with van der Waals surface area (Å²) in [4.78, 5) is 0. The highest BCUT2D eigenvalue weighted by atomic mass is 15.0. The Labute approximate surface area is 125 Å². The van der Waals surface area contributed by atoms with Crippen molar-refractivity contribution in [3.05, 3.63) is 0 Å². The first-order valence-electron chi connectivity index (χ1n) is 9.49. The molecule has 5 aliphatic rings. The molecule has 0 amide bonds. The van der Waals surface area contributed by atoms with Crippen molar-refractivity contribution < 1.29 is 0 Å². The largest absolute Gasteiger partial charge is 0.311 e. The van der Waals surface area contributed by atoms with Gasteiger partial charge < -0.3 is 5.32 Å². The van der Waals surface area contributed by atoms with Crippen LogP contribution < -0.4 is 5.32 Å². The Balaban J connectivity index is 1.43. The summed E-state index contributed by atoms with van der Waals surface area (Å²) in [6, 6.07) is 1.61. The van der Waals surface area contributed by atoms with Crippen LogP contribution in [0.5, 0.6) is 0 Å². The van der Waals surface area contributed by atoms with Crippen LogP contribution in [0, 0.1) is 23.2 Å². The third-order valence-electron chi connectivity index (χ3n) is 7.35. The van der Waals surface area contributed by atoms with Gasteiger partial charge in [0.15, 0.2) is 0 Å². The first-order chi connectivity index (χ1) is 9.73. The SMILES string of the molecule is CC(NC1CCCCCC1)C12CC3CC(CC(C3)C1)C2. The molecule has 5 aliphatic carbocycles. The topological polar surface area (TPSA) is 12.0 Å². The quantitative estimate of drug-likeness (QED) is 0.722. The highest BCUT2D eigenvalue weighted by Crippen LogP contribution is 2.61. The minimum Gasteiger partial charge on any atom is -0.311 e. The van der Waals surface area contributed by atoms with E-state index in [1.165, 1.54) is 38.5 Å². The second-order valence-corrected chi connectivity index (χ2v) is 8.86. The zero-order valence-electron chi connectivity index (χ0n) is 13.4. The van der Waals surface area contributed by atoms with Crippen LogP contribution >= 0.6 is 0 Å². The van der Waals surface area contributed by atoms with Gasteiger partial charge in [0.05, 0.1) is 0 Å². The van der Waals surface area contributed by atoms with Crippen LogP contribution in [0.4, 0.5) is 0 Å². The molecule has 1 unspecified atom stereocenters. The minimum atomic E-state index is 0.695. The molecule has 1 heteroatoms. The van der Waals surface area contributed by atoms with Crippen molar-refractivity contribution in [1.82, 2.24) is 5.32 Å². The zero-order chi connectivity index (χ0) is 13.6. The summed E-state index contributed by atoms with van der Waals surface area (Å²) in [7, 11) is 0. The number of hydrogen-bond donors (Lipinski definition) is 1. The monoisotopic (exact) mass is 275 g/mol. The molecule has 1 nitrogen and oxygen atoms in total. The second kappa shape index (κ2) is 5.30. The van der Waals surface area contributed by atoms with Gasteiger partial charge in [-0.25, -0.2) is 0 Å². The van der Waals surface area contributed by atoms with Crippen molar-refractivity contribution in [3.8, 4) is 0 Å². The van der Waals surface area contributed by atoms with Crippen molar-refractivity contribution in [3.63, 3.8) is 0 Å². The Kier molecular flexibility index (Phi) is 3.61. The van der Waals surface area contributed by atoms with Crippen molar-refractivity contribution in [2.45, 2.75) is 96.1 Å². The minimum absolute atomic E-state index is 0.695. The van der Waals surface area contributed by atoms with Gasteiger partial charge in [0.2, 0.25) is 0 Å². The lowest BCUT2D eigenvalue weighted by molar-refractivity contribution is -0.0723. The molecule has 1 N–H and O–H groups in total. The highest BCUT2D eigenvalue weighted by Gasteiger charge is 2.53. The Morgan fingerprint density at radius 2 is 1.30 bits per heavy atom. The van der Waals surface area contributed by atoms with Crippen molar-refractivity contribution in [1.29, 1.82) is 0 Å². The summed E-state index contributed by atoms with van der Waals surface area (Å²) in [5.74, 6) is 3.29. The van der Waals surface area contributed by atoms with Crippen LogP contribution in [0.25, 0.3) is 0 Å². The maximum Gasteiger partial charge on any atom is 0.00980 e. The lowest BCUT2D eigenvalue weighted by atomic mass is 9.48. The number of rotatable bonds is 3. The van der Waals surface area contributed by atoms with E-state index in [2.05, 4.69) is 12.2 Å². The first-order valence-corrected chi connectivity index (χ1v) is 9.49. The molecule has 0 saturated heterocycles. The molecule has 5 fully saturated rings. The van der Waals surface area contributed by atoms with Gasteiger partial charge in [0.1, 0.15) is 0 Å². The van der Waals surface area contributed by atoms with E-state index >= 15 is 0 Å². The molecule has 0 heterocycles. The van der Waals surface area contributed by atoms with E-state index in [4.69, 9.17) is 0 Å². The average molecular weight is 275 g/mol. The first kappa shape index (κ1) is 13.6. The lowest BCUT2D eigenvalue weighted by Crippen LogP contribution is -2.56. The summed E-state index contributed by atoms with van der Waals surface area (Å²) in [6.07, 6.45) is 18.2. The summed E-state index contributed by atoms with van der Waals surface area (Å²) in [5, 5.41) is 4.12. The van der Waals surface area contributed by atoms with Crippen LogP contribution in [-0.2, 0) is 0 Å². The van der Waals surface area contributed by atoms with Crippen LogP contribution in [0.1, 0.15) is 84.0 Å². The van der Waals surface area contributed by atoms with Gasteiger partial charge in [-0.1, -0.05) is 25.7 Å². The van der Waals surface area contributed by atoms with Gasteiger partial charge in [-0.2, -0.15) is 0 Å². The molecule has 0 radical (unpaired) electrons. The molecule has 0 aromatic heterocycles. The van der Waals surface area contributed by atoms with Gasteiger partial charge in [0.25, 0.3) is 0 Å². The number of nitrogens with one attached hydrogen (secondary N) is 1. The van der Waals surface area contributed by atoms with E-state index in [9.17, 15) is 0 Å². The molecule has 0 aromatic rings. The Morgan fingerprint density at radius 3 is 1.80 bits per heavy atom. The fourth-order valence-electron chi connectivity index (χ4n) is 6.68. The van der Waals surface area contributed by atoms with E-state index in [1.54, 1.807) is 38.5 Å². The van der Waals surface area contributed by atoms with Crippen molar-refractivity contribution in [2.75, 3.05) is 0 Å². The molecule has 5 rings (SSSR count). The normalized spacial score (nSPS) is 46.4. The fourth-order valence-corrected chi connectivity index (χ4v) is 6.68. The second-order valence-electron chi connectivity index (χ2n) is 8.86. The van der Waals surface area contributed by atoms with Crippen molar-refractivity contribution >= 4 is 0 Å². The molecular weight excluding hydrogens is 242 g/mol. The van der Waals surface area contributed by atoms with Crippen LogP contribution in [0.3, 0.4) is 0 Å². The molecule has 114 valence electrons. The van der Waals surface area contributed by atoms with E-state index in [1.807, 2.05) is 0 Å². The Hall–Kier alpha value is -0.0400. The molecule has 0 spiro atoms. The molecule has 20 heavy (non-hydrogen) atoms. The number of hydrogen-bond acceptors (Lipinski definition) is 1. The predicted molar refractivity (Wildman–Crippen MR) is 84.7 cm³/mol. The zero-order valence-corrected chi connectivity index (χ0v) is 13.4. The standard InChI is InChI=1S/C19H33N/c1-14(20-18-6-4-2-3-5-7-18)19-11-15-8-16(12-19)10-17(9-15)13-19/h14-18,20H,2-13H2,1H3. The summed E-state index contributed by atoms with van der Waals surface area (Å²) < 4.78 is 0. The maximum atomic E-state index is 4.12. The molecule has 0 aliphatic heterocycles. The lowest BCUT2D eigenvalue weighted by Gasteiger charge is -2.59. The third kappa shape index (κ3) is 2.45. The molecule has 4 bridgehead atoms. The summed E-state index contributed by atoms with van der Waals surface area (Å²) >= 11 is 0. The highest BCUT2D eigenvalue weighted by molar-refractivity contribution is 5.05. The summed E-state index contributed by atoms with van der Waals surface area (Å²) in [5.41, 5.74) is 0.695. The molecular formula is C19H33N. The van der Waals surface area contributed by atoms with Gasteiger partial charge >= 0.3 is 0 Å².